The monoisotopic (exact) mass is 450 g/mol. The Bertz CT molecular complexity index is 1020. The van der Waals surface area contributed by atoms with Gasteiger partial charge in [0.15, 0.2) is 0 Å². The van der Waals surface area contributed by atoms with Crippen molar-refractivity contribution >= 4 is 46.5 Å². The number of amides is 2. The van der Waals surface area contributed by atoms with Crippen LogP contribution in [0.1, 0.15) is 24.7 Å². The number of hydrogen-bond acceptors (Lipinski definition) is 4. The van der Waals surface area contributed by atoms with E-state index in [0.29, 0.717) is 45.6 Å². The Balaban J connectivity index is 1.44. The molecule has 150 valence electrons. The van der Waals surface area contributed by atoms with Gasteiger partial charge in [-0.25, -0.2) is 4.79 Å². The van der Waals surface area contributed by atoms with E-state index in [9.17, 15) is 4.79 Å². The van der Waals surface area contributed by atoms with Gasteiger partial charge < -0.3 is 14.7 Å². The fourth-order valence-electron chi connectivity index (χ4n) is 3.27. The zero-order chi connectivity index (χ0) is 20.4. The molecule has 1 atom stereocenters. The summed E-state index contributed by atoms with van der Waals surface area (Å²) in [7, 11) is 0. The number of halogens is 3. The van der Waals surface area contributed by atoms with Crippen LogP contribution in [-0.2, 0) is 0 Å². The molecule has 4 rings (SSSR count). The van der Waals surface area contributed by atoms with E-state index in [-0.39, 0.29) is 11.9 Å². The number of nitrogens with one attached hydrogen (secondary N) is 1. The first-order valence-corrected chi connectivity index (χ1v) is 10.2. The Morgan fingerprint density at radius 2 is 1.86 bits per heavy atom. The summed E-state index contributed by atoms with van der Waals surface area (Å²) in [6.07, 6.45) is 1.71. The SMILES string of the molecule is O=C(Nc1ccc(Cl)cc1Cl)N1CCCC(c2nc(-c3ccc(Cl)cc3)no2)C1. The summed E-state index contributed by atoms with van der Waals surface area (Å²) < 4.78 is 5.48. The number of aromatic nitrogens is 2. The summed E-state index contributed by atoms with van der Waals surface area (Å²) in [5, 5.41) is 8.45. The molecule has 0 radical (unpaired) electrons. The highest BCUT2D eigenvalue weighted by atomic mass is 35.5. The molecule has 0 aliphatic carbocycles. The Morgan fingerprint density at radius 1 is 1.10 bits per heavy atom. The highest BCUT2D eigenvalue weighted by Gasteiger charge is 2.29. The van der Waals surface area contributed by atoms with Crippen molar-refractivity contribution in [3.05, 3.63) is 63.4 Å². The lowest BCUT2D eigenvalue weighted by molar-refractivity contribution is 0.184. The van der Waals surface area contributed by atoms with Crippen molar-refractivity contribution in [1.29, 1.82) is 0 Å². The lowest BCUT2D eigenvalue weighted by Crippen LogP contribution is -2.41. The van der Waals surface area contributed by atoms with Gasteiger partial charge in [0.2, 0.25) is 11.7 Å². The average molecular weight is 452 g/mol. The Kier molecular flexibility index (Phi) is 5.94. The molecule has 1 aliphatic rings. The van der Waals surface area contributed by atoms with Crippen molar-refractivity contribution in [3.8, 4) is 11.4 Å². The van der Waals surface area contributed by atoms with Gasteiger partial charge in [0, 0.05) is 28.7 Å². The van der Waals surface area contributed by atoms with E-state index in [1.165, 1.54) is 0 Å². The molecule has 1 aliphatic heterocycles. The number of hydrogen-bond donors (Lipinski definition) is 1. The summed E-state index contributed by atoms with van der Waals surface area (Å²) in [6, 6.07) is 12.0. The van der Waals surface area contributed by atoms with Crippen LogP contribution in [0.25, 0.3) is 11.4 Å². The molecule has 0 spiro atoms. The van der Waals surface area contributed by atoms with Gasteiger partial charge in [0.25, 0.3) is 0 Å². The molecule has 1 N–H and O–H groups in total. The lowest BCUT2D eigenvalue weighted by Gasteiger charge is -2.31. The van der Waals surface area contributed by atoms with Crippen LogP contribution in [0, 0.1) is 0 Å². The Morgan fingerprint density at radius 3 is 2.62 bits per heavy atom. The number of rotatable bonds is 3. The number of piperidine rings is 1. The van der Waals surface area contributed by atoms with E-state index in [2.05, 4.69) is 15.5 Å². The molecule has 3 aromatic rings. The quantitative estimate of drug-likeness (QED) is 0.521. The van der Waals surface area contributed by atoms with Gasteiger partial charge in [-0.2, -0.15) is 4.98 Å². The minimum absolute atomic E-state index is 0.0243. The van der Waals surface area contributed by atoms with Gasteiger partial charge >= 0.3 is 6.03 Å². The summed E-state index contributed by atoms with van der Waals surface area (Å²) in [5.74, 6) is 1.01. The molecule has 1 aromatic heterocycles. The number of urea groups is 1. The van der Waals surface area contributed by atoms with Gasteiger partial charge in [0.1, 0.15) is 0 Å². The van der Waals surface area contributed by atoms with Crippen molar-refractivity contribution in [2.75, 3.05) is 18.4 Å². The van der Waals surface area contributed by atoms with E-state index in [1.807, 2.05) is 12.1 Å². The predicted octanol–water partition coefficient (Wildman–Crippen LogP) is 6.11. The van der Waals surface area contributed by atoms with E-state index in [1.54, 1.807) is 35.2 Å². The molecule has 1 fully saturated rings. The summed E-state index contributed by atoms with van der Waals surface area (Å²) in [6.45, 7) is 1.13. The van der Waals surface area contributed by atoms with Crippen LogP contribution in [0.5, 0.6) is 0 Å². The highest BCUT2D eigenvalue weighted by Crippen LogP contribution is 2.30. The zero-order valence-corrected chi connectivity index (χ0v) is 17.5. The molecular weight excluding hydrogens is 435 g/mol. The van der Waals surface area contributed by atoms with Crippen LogP contribution in [-0.4, -0.2) is 34.2 Å². The zero-order valence-electron chi connectivity index (χ0n) is 15.2. The van der Waals surface area contributed by atoms with Crippen LogP contribution in [0.15, 0.2) is 47.0 Å². The number of nitrogens with zero attached hydrogens (tertiary/aromatic N) is 3. The van der Waals surface area contributed by atoms with Crippen LogP contribution in [0.2, 0.25) is 15.1 Å². The smallest absolute Gasteiger partial charge is 0.321 e. The molecule has 2 aromatic carbocycles. The topological polar surface area (TPSA) is 71.3 Å². The number of benzene rings is 2. The van der Waals surface area contributed by atoms with Crippen molar-refractivity contribution in [3.63, 3.8) is 0 Å². The minimum Gasteiger partial charge on any atom is -0.339 e. The van der Waals surface area contributed by atoms with Crippen LogP contribution < -0.4 is 5.32 Å². The van der Waals surface area contributed by atoms with Crippen molar-refractivity contribution in [2.45, 2.75) is 18.8 Å². The molecule has 1 unspecified atom stereocenters. The van der Waals surface area contributed by atoms with E-state index in [0.717, 1.165) is 18.4 Å². The van der Waals surface area contributed by atoms with Crippen molar-refractivity contribution in [1.82, 2.24) is 15.0 Å². The normalized spacial score (nSPS) is 16.7. The molecule has 9 heteroatoms. The average Bonchev–Trinajstić information content (AvgIpc) is 3.21. The first kappa shape index (κ1) is 20.0. The second-order valence-corrected chi connectivity index (χ2v) is 8.08. The third-order valence-electron chi connectivity index (χ3n) is 4.77. The van der Waals surface area contributed by atoms with E-state index < -0.39 is 0 Å². The first-order valence-electron chi connectivity index (χ1n) is 9.10. The van der Waals surface area contributed by atoms with Crippen LogP contribution >= 0.6 is 34.8 Å². The number of anilines is 1. The van der Waals surface area contributed by atoms with Gasteiger partial charge in [0.05, 0.1) is 16.6 Å². The number of likely N-dealkylation sites (tertiary alicyclic amines) is 1. The number of carbonyl (C=O) groups is 1. The summed E-state index contributed by atoms with van der Waals surface area (Å²) in [4.78, 5) is 18.9. The summed E-state index contributed by atoms with van der Waals surface area (Å²) >= 11 is 18.0. The maximum absolute atomic E-state index is 12.7. The van der Waals surface area contributed by atoms with Crippen LogP contribution in [0.3, 0.4) is 0 Å². The van der Waals surface area contributed by atoms with Gasteiger partial charge in [-0.3, -0.25) is 0 Å². The third-order valence-corrected chi connectivity index (χ3v) is 5.57. The van der Waals surface area contributed by atoms with Crippen molar-refractivity contribution in [2.24, 2.45) is 0 Å². The lowest BCUT2D eigenvalue weighted by atomic mass is 9.98. The molecule has 0 bridgehead atoms. The van der Waals surface area contributed by atoms with Crippen molar-refractivity contribution < 1.29 is 9.32 Å². The molecule has 2 heterocycles. The van der Waals surface area contributed by atoms with Gasteiger partial charge in [-0.15, -0.1) is 0 Å². The Hall–Kier alpha value is -2.28. The van der Waals surface area contributed by atoms with Gasteiger partial charge in [-0.05, 0) is 55.3 Å². The summed E-state index contributed by atoms with van der Waals surface area (Å²) in [5.41, 5.74) is 1.35. The highest BCUT2D eigenvalue weighted by molar-refractivity contribution is 6.36. The molecule has 1 saturated heterocycles. The molecule has 6 nitrogen and oxygen atoms in total. The maximum Gasteiger partial charge on any atom is 0.321 e. The molecule has 2 amide bonds. The second-order valence-electron chi connectivity index (χ2n) is 6.80. The predicted molar refractivity (Wildman–Crippen MR) is 114 cm³/mol. The standard InChI is InChI=1S/C20H17Cl3N4O2/c21-14-5-3-12(4-6-14)18-25-19(29-26-18)13-2-1-9-27(11-13)20(28)24-17-8-7-15(22)10-16(17)23/h3-8,10,13H,1-2,9,11H2,(H,24,28). The first-order chi connectivity index (χ1) is 14.0. The minimum atomic E-state index is -0.226. The van der Waals surface area contributed by atoms with Crippen LogP contribution in [0.4, 0.5) is 10.5 Å². The Labute approximate surface area is 182 Å². The fraction of sp³-hybridized carbons (Fsp3) is 0.250. The maximum atomic E-state index is 12.7. The molecule has 29 heavy (non-hydrogen) atoms. The largest absolute Gasteiger partial charge is 0.339 e. The molecular formula is C20H17Cl3N4O2. The van der Waals surface area contributed by atoms with Gasteiger partial charge in [-0.1, -0.05) is 40.0 Å². The second kappa shape index (κ2) is 8.61. The van der Waals surface area contributed by atoms with E-state index >= 15 is 0 Å². The molecule has 0 saturated carbocycles. The fourth-order valence-corrected chi connectivity index (χ4v) is 3.85. The number of carbonyl (C=O) groups excluding carboxylic acids is 1. The van der Waals surface area contributed by atoms with E-state index in [4.69, 9.17) is 39.3 Å². The third kappa shape index (κ3) is 4.66.